The first kappa shape index (κ1) is 23.0. The highest BCUT2D eigenvalue weighted by Crippen LogP contribution is 2.41. The third kappa shape index (κ3) is 5.41. The summed E-state index contributed by atoms with van der Waals surface area (Å²) in [6.07, 6.45) is 0.673. The molecule has 2 aromatic rings. The summed E-state index contributed by atoms with van der Waals surface area (Å²) in [6, 6.07) is 12.0. The van der Waals surface area contributed by atoms with Gasteiger partial charge in [-0.15, -0.1) is 0 Å². The lowest BCUT2D eigenvalue weighted by molar-refractivity contribution is -0.136. The second-order valence-electron chi connectivity index (χ2n) is 9.84. The Morgan fingerprint density at radius 1 is 0.931 bits per heavy atom. The number of carbonyl (C=O) groups excluding carboxylic acids is 1. The zero-order chi connectivity index (χ0) is 22.0. The first-order valence-electron chi connectivity index (χ1n) is 10.4. The van der Waals surface area contributed by atoms with Gasteiger partial charge in [-0.3, -0.25) is 4.79 Å². The number of carbonyl (C=O) groups is 1. The van der Waals surface area contributed by atoms with Crippen LogP contribution >= 0.6 is 0 Å². The fourth-order valence-corrected chi connectivity index (χ4v) is 3.54. The lowest BCUT2D eigenvalue weighted by Gasteiger charge is -2.30. The molecule has 0 bridgehead atoms. The third-order valence-corrected chi connectivity index (χ3v) is 5.26. The van der Waals surface area contributed by atoms with E-state index in [2.05, 4.69) is 60.6 Å². The maximum atomic E-state index is 13.3. The molecule has 0 heterocycles. The highest BCUT2D eigenvalue weighted by molar-refractivity contribution is 5.81. The van der Waals surface area contributed by atoms with E-state index >= 15 is 0 Å². The molecule has 2 aromatic carbocycles. The van der Waals surface area contributed by atoms with Crippen molar-refractivity contribution in [1.29, 1.82) is 0 Å². The van der Waals surface area contributed by atoms with E-state index in [0.717, 1.165) is 22.4 Å². The molecule has 0 N–H and O–H groups in total. The second kappa shape index (κ2) is 8.61. The lowest BCUT2D eigenvalue weighted by atomic mass is 9.78. The van der Waals surface area contributed by atoms with Crippen molar-refractivity contribution in [3.8, 4) is 11.5 Å². The topological polar surface area (TPSA) is 35.5 Å². The average Bonchev–Trinajstić information content (AvgIpc) is 2.62. The van der Waals surface area contributed by atoms with Gasteiger partial charge in [0.2, 0.25) is 0 Å². The van der Waals surface area contributed by atoms with E-state index in [-0.39, 0.29) is 22.7 Å². The van der Waals surface area contributed by atoms with Crippen molar-refractivity contribution in [2.75, 3.05) is 7.11 Å². The van der Waals surface area contributed by atoms with Crippen LogP contribution in [0.15, 0.2) is 36.4 Å². The van der Waals surface area contributed by atoms with Crippen molar-refractivity contribution in [2.45, 2.75) is 78.6 Å². The normalized spacial score (nSPS) is 13.1. The summed E-state index contributed by atoms with van der Waals surface area (Å²) in [4.78, 5) is 13.3. The Morgan fingerprint density at radius 2 is 1.41 bits per heavy atom. The Labute approximate surface area is 176 Å². The minimum atomic E-state index is -0.317. The van der Waals surface area contributed by atoms with Gasteiger partial charge in [0.15, 0.2) is 0 Å². The molecule has 0 fully saturated rings. The number of benzene rings is 2. The van der Waals surface area contributed by atoms with E-state index in [4.69, 9.17) is 9.47 Å². The van der Waals surface area contributed by atoms with Gasteiger partial charge in [0.1, 0.15) is 11.5 Å². The first-order valence-corrected chi connectivity index (χ1v) is 10.4. The Hall–Kier alpha value is -2.29. The minimum Gasteiger partial charge on any atom is -0.497 e. The van der Waals surface area contributed by atoms with Crippen LogP contribution in [0.3, 0.4) is 0 Å². The van der Waals surface area contributed by atoms with E-state index in [1.54, 1.807) is 7.11 Å². The summed E-state index contributed by atoms with van der Waals surface area (Å²) in [5.74, 6) is 0.966. The third-order valence-electron chi connectivity index (χ3n) is 5.26. The molecular weight excluding hydrogens is 360 g/mol. The molecule has 0 aromatic heterocycles. The van der Waals surface area contributed by atoms with Gasteiger partial charge in [-0.25, -0.2) is 0 Å². The predicted octanol–water partition coefficient (Wildman–Crippen LogP) is 6.70. The molecular formula is C26H36O3. The van der Waals surface area contributed by atoms with Crippen molar-refractivity contribution in [1.82, 2.24) is 0 Å². The number of rotatable bonds is 5. The Kier molecular flexibility index (Phi) is 6.82. The molecule has 0 amide bonds. The minimum absolute atomic E-state index is 0.135. The zero-order valence-electron chi connectivity index (χ0n) is 19.5. The average molecular weight is 397 g/mol. The van der Waals surface area contributed by atoms with Crippen LogP contribution in [0.25, 0.3) is 0 Å². The van der Waals surface area contributed by atoms with Crippen molar-refractivity contribution >= 4 is 5.97 Å². The van der Waals surface area contributed by atoms with Crippen LogP contribution < -0.4 is 9.47 Å². The fraction of sp³-hybridized carbons (Fsp3) is 0.500. The van der Waals surface area contributed by atoms with Gasteiger partial charge in [-0.2, -0.15) is 0 Å². The fourth-order valence-electron chi connectivity index (χ4n) is 3.54. The molecule has 0 saturated carbocycles. The Morgan fingerprint density at radius 3 is 1.79 bits per heavy atom. The molecule has 29 heavy (non-hydrogen) atoms. The quantitative estimate of drug-likeness (QED) is 0.417. The lowest BCUT2D eigenvalue weighted by Crippen LogP contribution is -2.25. The van der Waals surface area contributed by atoms with Gasteiger partial charge in [-0.05, 0) is 41.9 Å². The molecule has 0 aliphatic heterocycles. The summed E-state index contributed by atoms with van der Waals surface area (Å²) in [5.41, 5.74) is 4.00. The van der Waals surface area contributed by atoms with E-state index in [1.807, 2.05) is 31.2 Å². The van der Waals surface area contributed by atoms with Gasteiger partial charge in [0.25, 0.3) is 0 Å². The summed E-state index contributed by atoms with van der Waals surface area (Å²) < 4.78 is 11.4. The van der Waals surface area contributed by atoms with Crippen LogP contribution in [0.2, 0.25) is 0 Å². The van der Waals surface area contributed by atoms with Crippen LogP contribution in [-0.2, 0) is 15.6 Å². The molecule has 2 rings (SSSR count). The zero-order valence-corrected chi connectivity index (χ0v) is 19.5. The number of ether oxygens (including phenoxy) is 2. The van der Waals surface area contributed by atoms with Gasteiger partial charge >= 0.3 is 5.97 Å². The monoisotopic (exact) mass is 396 g/mol. The summed E-state index contributed by atoms with van der Waals surface area (Å²) in [7, 11) is 1.64. The van der Waals surface area contributed by atoms with Gasteiger partial charge in [0, 0.05) is 11.1 Å². The molecule has 0 aliphatic rings. The van der Waals surface area contributed by atoms with E-state index < -0.39 is 0 Å². The van der Waals surface area contributed by atoms with Crippen molar-refractivity contribution < 1.29 is 14.3 Å². The number of methoxy groups -OCH3 is 1. The molecule has 0 radical (unpaired) electrons. The van der Waals surface area contributed by atoms with Crippen LogP contribution in [0.1, 0.15) is 83.1 Å². The molecule has 0 aliphatic carbocycles. The van der Waals surface area contributed by atoms with Crippen LogP contribution in [-0.4, -0.2) is 13.1 Å². The predicted molar refractivity (Wildman–Crippen MR) is 120 cm³/mol. The number of aryl methyl sites for hydroxylation is 1. The Balaban J connectivity index is 2.51. The van der Waals surface area contributed by atoms with E-state index in [1.165, 1.54) is 5.56 Å². The van der Waals surface area contributed by atoms with E-state index in [9.17, 15) is 4.79 Å². The molecule has 3 nitrogen and oxygen atoms in total. The van der Waals surface area contributed by atoms with E-state index in [0.29, 0.717) is 12.2 Å². The standard InChI is InChI=1S/C26H36O3/c1-10-20(18-11-13-19(28-9)14-12-18)24(27)29-23-21(25(3,4)5)15-17(2)16-22(23)26(6,7)8/h11-16,20H,10H2,1-9H3/t20-/m0/s1. The number of esters is 1. The molecule has 0 spiro atoms. The van der Waals surface area contributed by atoms with Gasteiger partial charge in [0.05, 0.1) is 13.0 Å². The smallest absolute Gasteiger partial charge is 0.318 e. The largest absolute Gasteiger partial charge is 0.497 e. The van der Waals surface area contributed by atoms with Gasteiger partial charge in [-0.1, -0.05) is 78.3 Å². The maximum Gasteiger partial charge on any atom is 0.318 e. The molecule has 0 unspecified atom stereocenters. The molecule has 3 heteroatoms. The summed E-state index contributed by atoms with van der Waals surface area (Å²) in [5, 5.41) is 0. The van der Waals surface area contributed by atoms with Gasteiger partial charge < -0.3 is 9.47 Å². The highest BCUT2D eigenvalue weighted by atomic mass is 16.5. The number of hydrogen-bond acceptors (Lipinski definition) is 3. The molecule has 0 saturated heterocycles. The molecule has 1 atom stereocenters. The molecule has 158 valence electrons. The second-order valence-corrected chi connectivity index (χ2v) is 9.84. The van der Waals surface area contributed by atoms with Crippen molar-refractivity contribution in [2.24, 2.45) is 0 Å². The summed E-state index contributed by atoms with van der Waals surface area (Å²) in [6.45, 7) is 17.1. The number of hydrogen-bond donors (Lipinski definition) is 0. The SMILES string of the molecule is CC[C@H](C(=O)Oc1c(C(C)(C)C)cc(C)cc1C(C)(C)C)c1ccc(OC)cc1. The van der Waals surface area contributed by atoms with Crippen LogP contribution in [0.5, 0.6) is 11.5 Å². The highest BCUT2D eigenvalue weighted by Gasteiger charge is 2.30. The van der Waals surface area contributed by atoms with Crippen molar-refractivity contribution in [3.05, 3.63) is 58.7 Å². The van der Waals surface area contributed by atoms with Crippen LogP contribution in [0, 0.1) is 6.92 Å². The summed E-state index contributed by atoms with van der Waals surface area (Å²) >= 11 is 0. The maximum absolute atomic E-state index is 13.3. The first-order chi connectivity index (χ1) is 13.4. The van der Waals surface area contributed by atoms with Crippen molar-refractivity contribution in [3.63, 3.8) is 0 Å². The Bertz CT molecular complexity index is 814. The van der Waals surface area contributed by atoms with Crippen LogP contribution in [0.4, 0.5) is 0 Å².